The van der Waals surface area contributed by atoms with Crippen LogP contribution in [-0.4, -0.2) is 40.0 Å². The van der Waals surface area contributed by atoms with Crippen molar-refractivity contribution in [3.63, 3.8) is 0 Å². The van der Waals surface area contributed by atoms with Crippen LogP contribution < -0.4 is 5.73 Å². The summed E-state index contributed by atoms with van der Waals surface area (Å²) in [6.07, 6.45) is 5.86. The van der Waals surface area contributed by atoms with Gasteiger partial charge in [0.1, 0.15) is 5.82 Å². The lowest BCUT2D eigenvalue weighted by atomic mass is 10.0. The van der Waals surface area contributed by atoms with Crippen LogP contribution in [0.4, 0.5) is 0 Å². The average molecular weight is 194 g/mol. The van der Waals surface area contributed by atoms with Gasteiger partial charge in [0.2, 0.25) is 0 Å². The SMILES string of the molecule is CC(CCc1ncc[nH]1)N1CC(N)C1. The van der Waals surface area contributed by atoms with Crippen LogP contribution in [0.2, 0.25) is 0 Å². The van der Waals surface area contributed by atoms with Gasteiger partial charge in [-0.3, -0.25) is 4.90 Å². The molecule has 0 aromatic carbocycles. The number of hydrogen-bond donors (Lipinski definition) is 2. The Morgan fingerprint density at radius 2 is 2.50 bits per heavy atom. The van der Waals surface area contributed by atoms with Crippen LogP contribution >= 0.6 is 0 Å². The molecule has 2 rings (SSSR count). The Balaban J connectivity index is 1.70. The second-order valence-electron chi connectivity index (χ2n) is 4.14. The number of aromatic amines is 1. The first kappa shape index (κ1) is 9.68. The summed E-state index contributed by atoms with van der Waals surface area (Å²) in [5, 5.41) is 0. The van der Waals surface area contributed by atoms with Crippen molar-refractivity contribution in [3.05, 3.63) is 18.2 Å². The first-order valence-electron chi connectivity index (χ1n) is 5.23. The van der Waals surface area contributed by atoms with E-state index in [0.717, 1.165) is 31.8 Å². The lowest BCUT2D eigenvalue weighted by Crippen LogP contribution is -2.58. The molecule has 4 nitrogen and oxygen atoms in total. The molecule has 2 heterocycles. The van der Waals surface area contributed by atoms with E-state index in [9.17, 15) is 0 Å². The molecule has 1 atom stereocenters. The maximum absolute atomic E-state index is 5.74. The van der Waals surface area contributed by atoms with Crippen LogP contribution in [-0.2, 0) is 6.42 Å². The van der Waals surface area contributed by atoms with E-state index in [1.165, 1.54) is 0 Å². The van der Waals surface area contributed by atoms with Gasteiger partial charge in [0.05, 0.1) is 0 Å². The smallest absolute Gasteiger partial charge is 0.106 e. The van der Waals surface area contributed by atoms with Crippen molar-refractivity contribution < 1.29 is 0 Å². The number of rotatable bonds is 4. The summed E-state index contributed by atoms with van der Waals surface area (Å²) < 4.78 is 0. The molecule has 1 aliphatic rings. The van der Waals surface area contributed by atoms with Gasteiger partial charge < -0.3 is 10.7 Å². The third kappa shape index (κ3) is 2.13. The molecular weight excluding hydrogens is 176 g/mol. The first-order chi connectivity index (χ1) is 6.75. The summed E-state index contributed by atoms with van der Waals surface area (Å²) in [6, 6.07) is 1.03. The number of imidazole rings is 1. The van der Waals surface area contributed by atoms with Crippen LogP contribution in [0.15, 0.2) is 12.4 Å². The average Bonchev–Trinajstić information content (AvgIpc) is 2.61. The summed E-state index contributed by atoms with van der Waals surface area (Å²) in [5.41, 5.74) is 5.74. The number of nitrogens with one attached hydrogen (secondary N) is 1. The lowest BCUT2D eigenvalue weighted by Gasteiger charge is -2.41. The van der Waals surface area contributed by atoms with Gasteiger partial charge in [-0.15, -0.1) is 0 Å². The highest BCUT2D eigenvalue weighted by Gasteiger charge is 2.26. The molecule has 0 aliphatic carbocycles. The standard InChI is InChI=1S/C10H18N4/c1-8(14-6-9(11)7-14)2-3-10-12-4-5-13-10/h4-5,8-9H,2-3,6-7,11H2,1H3,(H,12,13). The molecule has 0 amide bonds. The van der Waals surface area contributed by atoms with E-state index < -0.39 is 0 Å². The molecule has 1 fully saturated rings. The van der Waals surface area contributed by atoms with Crippen molar-refractivity contribution in [2.24, 2.45) is 5.73 Å². The second kappa shape index (κ2) is 4.11. The maximum Gasteiger partial charge on any atom is 0.106 e. The lowest BCUT2D eigenvalue weighted by molar-refractivity contribution is 0.0981. The molecule has 1 unspecified atom stereocenters. The number of nitrogens with two attached hydrogens (primary N) is 1. The van der Waals surface area contributed by atoms with Gasteiger partial charge in [0.25, 0.3) is 0 Å². The molecule has 0 bridgehead atoms. The molecule has 14 heavy (non-hydrogen) atoms. The minimum atomic E-state index is 0.404. The maximum atomic E-state index is 5.74. The highest BCUT2D eigenvalue weighted by Crippen LogP contribution is 2.14. The van der Waals surface area contributed by atoms with Gasteiger partial charge >= 0.3 is 0 Å². The van der Waals surface area contributed by atoms with Gasteiger partial charge in [-0.2, -0.15) is 0 Å². The van der Waals surface area contributed by atoms with Crippen LogP contribution in [0.5, 0.6) is 0 Å². The molecule has 1 aromatic heterocycles. The molecule has 0 spiro atoms. The third-order valence-corrected chi connectivity index (χ3v) is 2.92. The number of H-pyrrole nitrogens is 1. The molecular formula is C10H18N4. The highest BCUT2D eigenvalue weighted by atomic mass is 15.2. The molecule has 0 radical (unpaired) electrons. The topological polar surface area (TPSA) is 57.9 Å². The quantitative estimate of drug-likeness (QED) is 0.728. The fourth-order valence-corrected chi connectivity index (χ4v) is 1.87. The zero-order valence-electron chi connectivity index (χ0n) is 8.61. The predicted molar refractivity (Wildman–Crippen MR) is 55.9 cm³/mol. The highest BCUT2D eigenvalue weighted by molar-refractivity contribution is 4.90. The molecule has 1 aromatic rings. The summed E-state index contributed by atoms with van der Waals surface area (Å²) in [6.45, 7) is 4.37. The number of nitrogens with zero attached hydrogens (tertiary/aromatic N) is 2. The van der Waals surface area contributed by atoms with Crippen LogP contribution in [0.25, 0.3) is 0 Å². The van der Waals surface area contributed by atoms with Crippen molar-refractivity contribution in [3.8, 4) is 0 Å². The van der Waals surface area contributed by atoms with Crippen LogP contribution in [0.3, 0.4) is 0 Å². The normalized spacial score (nSPS) is 20.7. The van der Waals surface area contributed by atoms with Crippen molar-refractivity contribution in [1.82, 2.24) is 14.9 Å². The zero-order valence-corrected chi connectivity index (χ0v) is 8.61. The Bertz CT molecular complexity index is 264. The largest absolute Gasteiger partial charge is 0.349 e. The van der Waals surface area contributed by atoms with Gasteiger partial charge in [-0.05, 0) is 13.3 Å². The Kier molecular flexibility index (Phi) is 2.84. The van der Waals surface area contributed by atoms with E-state index in [-0.39, 0.29) is 0 Å². The van der Waals surface area contributed by atoms with Crippen molar-refractivity contribution in [2.45, 2.75) is 31.8 Å². The molecule has 0 saturated carbocycles. The van der Waals surface area contributed by atoms with Gasteiger partial charge in [0.15, 0.2) is 0 Å². The van der Waals surface area contributed by atoms with Gasteiger partial charge in [-0.1, -0.05) is 0 Å². The Morgan fingerprint density at radius 1 is 1.71 bits per heavy atom. The monoisotopic (exact) mass is 194 g/mol. The van der Waals surface area contributed by atoms with E-state index in [4.69, 9.17) is 5.73 Å². The molecule has 78 valence electrons. The number of likely N-dealkylation sites (tertiary alicyclic amines) is 1. The van der Waals surface area contributed by atoms with E-state index in [0.29, 0.717) is 12.1 Å². The second-order valence-corrected chi connectivity index (χ2v) is 4.14. The Morgan fingerprint density at radius 3 is 3.07 bits per heavy atom. The Hall–Kier alpha value is -0.870. The number of aromatic nitrogens is 2. The van der Waals surface area contributed by atoms with Crippen molar-refractivity contribution >= 4 is 0 Å². The van der Waals surface area contributed by atoms with Crippen LogP contribution in [0.1, 0.15) is 19.2 Å². The minimum absolute atomic E-state index is 0.404. The fraction of sp³-hybridized carbons (Fsp3) is 0.700. The molecule has 3 N–H and O–H groups in total. The summed E-state index contributed by atoms with van der Waals surface area (Å²) in [4.78, 5) is 9.75. The molecule has 4 heteroatoms. The van der Waals surface area contributed by atoms with E-state index in [1.807, 2.05) is 6.20 Å². The van der Waals surface area contributed by atoms with Crippen molar-refractivity contribution in [1.29, 1.82) is 0 Å². The fourth-order valence-electron chi connectivity index (χ4n) is 1.87. The number of hydrogen-bond acceptors (Lipinski definition) is 3. The summed E-state index contributed by atoms with van der Waals surface area (Å²) in [7, 11) is 0. The summed E-state index contributed by atoms with van der Waals surface area (Å²) >= 11 is 0. The summed E-state index contributed by atoms with van der Waals surface area (Å²) in [5.74, 6) is 1.08. The third-order valence-electron chi connectivity index (χ3n) is 2.92. The van der Waals surface area contributed by atoms with E-state index in [2.05, 4.69) is 21.8 Å². The van der Waals surface area contributed by atoms with Crippen molar-refractivity contribution in [2.75, 3.05) is 13.1 Å². The first-order valence-corrected chi connectivity index (χ1v) is 5.23. The molecule has 1 aliphatic heterocycles. The van der Waals surface area contributed by atoms with Gasteiger partial charge in [-0.25, -0.2) is 4.98 Å². The minimum Gasteiger partial charge on any atom is -0.349 e. The predicted octanol–water partition coefficient (Wildman–Crippen LogP) is 0.374. The Labute approximate surface area is 84.5 Å². The zero-order chi connectivity index (χ0) is 9.97. The van der Waals surface area contributed by atoms with Crippen LogP contribution in [0, 0.1) is 0 Å². The molecule has 1 saturated heterocycles. The van der Waals surface area contributed by atoms with Gasteiger partial charge in [0, 0.05) is 44.0 Å². The number of aryl methyl sites for hydroxylation is 1. The van der Waals surface area contributed by atoms with E-state index >= 15 is 0 Å². The van der Waals surface area contributed by atoms with E-state index in [1.54, 1.807) is 6.20 Å².